The second-order valence-corrected chi connectivity index (χ2v) is 11.0. The molecule has 0 saturated carbocycles. The maximum Gasteiger partial charge on any atom is 0.434 e. The van der Waals surface area contributed by atoms with Gasteiger partial charge in [-0.1, -0.05) is 60.7 Å². The van der Waals surface area contributed by atoms with Gasteiger partial charge in [-0.15, -0.1) is 0 Å². The molecule has 0 aliphatic heterocycles. The Morgan fingerprint density at radius 1 is 0.875 bits per heavy atom. The smallest absolute Gasteiger partial charge is 0.434 e. The summed E-state index contributed by atoms with van der Waals surface area (Å²) in [7, 11) is 0. The van der Waals surface area contributed by atoms with Crippen LogP contribution in [0.5, 0.6) is 17.2 Å². The van der Waals surface area contributed by atoms with Crippen molar-refractivity contribution in [2.45, 2.75) is 25.4 Å². The van der Waals surface area contributed by atoms with Gasteiger partial charge in [-0.25, -0.2) is 4.98 Å². The highest BCUT2D eigenvalue weighted by molar-refractivity contribution is 5.96. The Hall–Kier alpha value is -5.33. The maximum atomic E-state index is 12.9. The fourth-order valence-corrected chi connectivity index (χ4v) is 4.89. The highest BCUT2D eigenvalue weighted by atomic mass is 19.4. The summed E-state index contributed by atoms with van der Waals surface area (Å²) in [5.74, 6) is 0.708. The van der Waals surface area contributed by atoms with Crippen LogP contribution in [-0.2, 0) is 19.3 Å². The Labute approximate surface area is 275 Å². The molecule has 1 unspecified atom stereocenters. The molecule has 0 spiro atoms. The van der Waals surface area contributed by atoms with Gasteiger partial charge in [0.15, 0.2) is 5.69 Å². The van der Waals surface area contributed by atoms with Crippen molar-refractivity contribution >= 4 is 5.91 Å². The minimum atomic E-state index is -4.54. The van der Waals surface area contributed by atoms with E-state index in [4.69, 9.17) is 19.9 Å². The van der Waals surface area contributed by atoms with Crippen LogP contribution in [0.25, 0.3) is 11.4 Å². The molecule has 9 nitrogen and oxygen atoms in total. The number of hydrogen-bond acceptors (Lipinski definition) is 7. The number of primary amides is 1. The molecule has 4 N–H and O–H groups in total. The Morgan fingerprint density at radius 2 is 1.54 bits per heavy atom. The molecule has 4 aromatic carbocycles. The summed E-state index contributed by atoms with van der Waals surface area (Å²) in [5.41, 5.74) is 7.30. The number of aromatic nitrogens is 2. The van der Waals surface area contributed by atoms with E-state index in [-0.39, 0.29) is 37.8 Å². The number of ether oxygens (including phenoxy) is 3. The first-order chi connectivity index (χ1) is 23.1. The van der Waals surface area contributed by atoms with E-state index in [1.165, 1.54) is 0 Å². The third-order valence-corrected chi connectivity index (χ3v) is 7.29. The van der Waals surface area contributed by atoms with Crippen LogP contribution in [0.1, 0.15) is 27.2 Å². The van der Waals surface area contributed by atoms with Gasteiger partial charge in [-0.3, -0.25) is 9.69 Å². The van der Waals surface area contributed by atoms with Crippen LogP contribution in [0.4, 0.5) is 13.2 Å². The molecule has 250 valence electrons. The highest BCUT2D eigenvalue weighted by Crippen LogP contribution is 2.30. The number of hydrogen-bond donors (Lipinski definition) is 3. The second-order valence-electron chi connectivity index (χ2n) is 11.0. The summed E-state index contributed by atoms with van der Waals surface area (Å²) in [5, 5.41) is 10.9. The lowest BCUT2D eigenvalue weighted by Crippen LogP contribution is -2.37. The molecule has 1 atom stereocenters. The first-order valence-electron chi connectivity index (χ1n) is 15.2. The van der Waals surface area contributed by atoms with Gasteiger partial charge < -0.3 is 30.0 Å². The van der Waals surface area contributed by atoms with Crippen LogP contribution in [0, 0.1) is 0 Å². The van der Waals surface area contributed by atoms with Crippen molar-refractivity contribution in [2.24, 2.45) is 5.73 Å². The van der Waals surface area contributed by atoms with Gasteiger partial charge in [-0.2, -0.15) is 13.2 Å². The molecular formula is C36H35F3N4O5. The van der Waals surface area contributed by atoms with E-state index in [1.807, 2.05) is 65.6 Å². The maximum absolute atomic E-state index is 12.9. The molecule has 0 aliphatic rings. The monoisotopic (exact) mass is 660 g/mol. The lowest BCUT2D eigenvalue weighted by molar-refractivity contribution is -0.140. The molecule has 12 heteroatoms. The first-order valence-corrected chi connectivity index (χ1v) is 15.2. The number of amides is 1. The van der Waals surface area contributed by atoms with Crippen LogP contribution < -0.4 is 19.9 Å². The molecule has 1 aromatic heterocycles. The molecule has 5 aromatic rings. The fraction of sp³-hybridized carbons (Fsp3) is 0.222. The number of rotatable bonds is 16. The Kier molecular flexibility index (Phi) is 11.3. The van der Waals surface area contributed by atoms with Crippen molar-refractivity contribution in [1.82, 2.24) is 14.9 Å². The number of benzene rings is 4. The third-order valence-electron chi connectivity index (χ3n) is 7.29. The number of aliphatic hydroxyl groups is 1. The van der Waals surface area contributed by atoms with Crippen LogP contribution in [0.2, 0.25) is 0 Å². The first kappa shape index (κ1) is 34.0. The minimum absolute atomic E-state index is 0.0170. The highest BCUT2D eigenvalue weighted by Gasteiger charge is 2.33. The molecule has 0 radical (unpaired) electrons. The summed E-state index contributed by atoms with van der Waals surface area (Å²) in [6.07, 6.45) is -4.58. The van der Waals surface area contributed by atoms with E-state index >= 15 is 0 Å². The van der Waals surface area contributed by atoms with E-state index in [9.17, 15) is 23.1 Å². The molecule has 48 heavy (non-hydrogen) atoms. The largest absolute Gasteiger partial charge is 0.492 e. The zero-order valence-corrected chi connectivity index (χ0v) is 25.9. The standard InChI is InChI=1S/C36H35F3N4O5/c37-36(38,39)33-20-41-35(42-33)27-11-13-29(14-12-27)47-24-28(44)22-43(21-25-7-3-1-4-8-25)17-18-46-30-15-16-32(31(19-30)34(40)45)48-23-26-9-5-2-6-10-26/h1-16,19-20,28,44H,17-18,21-24H2,(H2,40,45)(H,41,42). The normalized spacial score (nSPS) is 12.1. The molecule has 0 bridgehead atoms. The summed E-state index contributed by atoms with van der Waals surface area (Å²) in [6, 6.07) is 30.6. The topological polar surface area (TPSA) is 123 Å². The van der Waals surface area contributed by atoms with E-state index in [2.05, 4.69) is 9.97 Å². The molecule has 5 rings (SSSR count). The number of nitrogens with two attached hydrogens (primary N) is 1. The number of aliphatic hydroxyl groups excluding tert-OH is 1. The minimum Gasteiger partial charge on any atom is -0.492 e. The number of H-pyrrole nitrogens is 1. The van der Waals surface area contributed by atoms with Crippen molar-refractivity contribution in [3.63, 3.8) is 0 Å². The van der Waals surface area contributed by atoms with Crippen molar-refractivity contribution in [2.75, 3.05) is 26.3 Å². The van der Waals surface area contributed by atoms with Crippen LogP contribution >= 0.6 is 0 Å². The molecule has 1 amide bonds. The SMILES string of the molecule is NC(=O)c1cc(OCCN(Cc2ccccc2)CC(O)COc2ccc(-c3nc(C(F)(F)F)c[nH]3)cc2)ccc1OCc1ccccc1. The van der Waals surface area contributed by atoms with Gasteiger partial charge in [0, 0.05) is 31.4 Å². The number of nitrogens with zero attached hydrogens (tertiary/aromatic N) is 2. The lowest BCUT2D eigenvalue weighted by atomic mass is 10.1. The number of carbonyl (C=O) groups excluding carboxylic acids is 1. The van der Waals surface area contributed by atoms with E-state index < -0.39 is 23.9 Å². The summed E-state index contributed by atoms with van der Waals surface area (Å²) >= 11 is 0. The summed E-state index contributed by atoms with van der Waals surface area (Å²) in [6.45, 7) is 1.77. The summed E-state index contributed by atoms with van der Waals surface area (Å²) in [4.78, 5) is 20.3. The number of carbonyl (C=O) groups is 1. The summed E-state index contributed by atoms with van der Waals surface area (Å²) < 4.78 is 56.2. The quantitative estimate of drug-likeness (QED) is 0.117. The molecular weight excluding hydrogens is 625 g/mol. The number of aromatic amines is 1. The van der Waals surface area contributed by atoms with Gasteiger partial charge in [0.25, 0.3) is 5.91 Å². The Morgan fingerprint density at radius 3 is 2.19 bits per heavy atom. The van der Waals surface area contributed by atoms with Crippen molar-refractivity contribution in [3.05, 3.63) is 132 Å². The zero-order valence-electron chi connectivity index (χ0n) is 25.9. The molecule has 0 saturated heterocycles. The van der Waals surface area contributed by atoms with Gasteiger partial charge in [0.1, 0.15) is 49.0 Å². The zero-order chi connectivity index (χ0) is 33.9. The van der Waals surface area contributed by atoms with Crippen LogP contribution in [-0.4, -0.2) is 58.3 Å². The second kappa shape index (κ2) is 16.0. The van der Waals surface area contributed by atoms with Gasteiger partial charge in [0.05, 0.1) is 5.56 Å². The Balaban J connectivity index is 1.15. The van der Waals surface area contributed by atoms with Gasteiger partial charge >= 0.3 is 6.18 Å². The molecule has 0 aliphatic carbocycles. The fourth-order valence-electron chi connectivity index (χ4n) is 4.89. The van der Waals surface area contributed by atoms with Gasteiger partial charge in [0.2, 0.25) is 0 Å². The van der Waals surface area contributed by atoms with E-state index in [0.717, 1.165) is 17.3 Å². The van der Waals surface area contributed by atoms with Crippen molar-refractivity contribution < 1.29 is 37.3 Å². The number of halogens is 3. The molecule has 1 heterocycles. The number of nitrogens with one attached hydrogen (secondary N) is 1. The predicted molar refractivity (Wildman–Crippen MR) is 173 cm³/mol. The lowest BCUT2D eigenvalue weighted by Gasteiger charge is -2.25. The number of alkyl halides is 3. The molecule has 0 fully saturated rings. The third kappa shape index (κ3) is 9.84. The average molecular weight is 661 g/mol. The average Bonchev–Trinajstić information content (AvgIpc) is 3.59. The van der Waals surface area contributed by atoms with E-state index in [1.54, 1.807) is 42.5 Å². The number of imidazole rings is 1. The van der Waals surface area contributed by atoms with Crippen LogP contribution in [0.15, 0.2) is 109 Å². The van der Waals surface area contributed by atoms with Crippen LogP contribution in [0.3, 0.4) is 0 Å². The Bertz CT molecular complexity index is 1750. The van der Waals surface area contributed by atoms with E-state index in [0.29, 0.717) is 35.9 Å². The predicted octanol–water partition coefficient (Wildman–Crippen LogP) is 6.09. The van der Waals surface area contributed by atoms with Crippen molar-refractivity contribution in [3.8, 4) is 28.6 Å². The van der Waals surface area contributed by atoms with Gasteiger partial charge in [-0.05, 0) is 53.6 Å². The van der Waals surface area contributed by atoms with Crippen molar-refractivity contribution in [1.29, 1.82) is 0 Å².